The molecule has 2 unspecified atom stereocenters. The van der Waals surface area contributed by atoms with Gasteiger partial charge in [0.05, 0.1) is 4.83 Å². The molecule has 1 aromatic carbocycles. The molecule has 0 spiro atoms. The number of hydrogen-bond donors (Lipinski definition) is 1. The molecule has 1 aromatic rings. The monoisotopic (exact) mass is 304 g/mol. The molecule has 0 amide bonds. The van der Waals surface area contributed by atoms with E-state index in [9.17, 15) is 9.90 Å². The predicted molar refractivity (Wildman–Crippen MR) is 74.6 cm³/mol. The molecule has 0 radical (unpaired) electrons. The Balaban J connectivity index is 2.11. The molecular weight excluding hydrogens is 292 g/mol. The summed E-state index contributed by atoms with van der Waals surface area (Å²) in [5.74, 6) is 0.504. The Hall–Kier alpha value is -1.35. The lowest BCUT2D eigenvalue weighted by molar-refractivity contribution is -0.119. The lowest BCUT2D eigenvalue weighted by atomic mass is 10.0. The molecule has 3 rings (SSSR count). The van der Waals surface area contributed by atoms with Crippen LogP contribution in [-0.2, 0) is 4.79 Å². The van der Waals surface area contributed by atoms with E-state index in [4.69, 9.17) is 0 Å². The number of aromatic hydroxyl groups is 1. The lowest BCUT2D eigenvalue weighted by Crippen LogP contribution is -2.15. The van der Waals surface area contributed by atoms with Crippen LogP contribution in [0.25, 0.3) is 5.57 Å². The van der Waals surface area contributed by atoms with Crippen molar-refractivity contribution >= 4 is 27.3 Å². The van der Waals surface area contributed by atoms with Gasteiger partial charge in [0.1, 0.15) is 5.75 Å². The first kappa shape index (κ1) is 11.7. The number of benzene rings is 1. The maximum absolute atomic E-state index is 12.2. The minimum absolute atomic E-state index is 0.0191. The van der Waals surface area contributed by atoms with Crippen LogP contribution in [0, 0.1) is 5.92 Å². The van der Waals surface area contributed by atoms with E-state index in [2.05, 4.69) is 22.5 Å². The summed E-state index contributed by atoms with van der Waals surface area (Å²) < 4.78 is 0. The second-order valence-electron chi connectivity index (χ2n) is 4.93. The summed E-state index contributed by atoms with van der Waals surface area (Å²) in [5.41, 5.74) is 4.43. The van der Waals surface area contributed by atoms with Gasteiger partial charge in [0, 0.05) is 5.92 Å². The van der Waals surface area contributed by atoms with Gasteiger partial charge in [-0.3, -0.25) is 4.79 Å². The van der Waals surface area contributed by atoms with Gasteiger partial charge >= 0.3 is 0 Å². The maximum atomic E-state index is 12.2. The number of Topliss-reactive ketones (excluding diaryl/α,β-unsaturated/α-hetero) is 1. The summed E-state index contributed by atoms with van der Waals surface area (Å²) in [5, 5.41) is 9.34. The Morgan fingerprint density at radius 3 is 2.61 bits per heavy atom. The van der Waals surface area contributed by atoms with Gasteiger partial charge in [-0.2, -0.15) is 0 Å². The summed E-state index contributed by atoms with van der Waals surface area (Å²) in [7, 11) is 0. The number of alkyl halides is 1. The number of halogens is 1. The van der Waals surface area contributed by atoms with Crippen molar-refractivity contribution in [3.05, 3.63) is 47.6 Å². The molecule has 1 fully saturated rings. The average Bonchev–Trinajstić information content (AvgIpc) is 2.81. The van der Waals surface area contributed by atoms with Crippen LogP contribution in [0.2, 0.25) is 0 Å². The molecule has 0 aliphatic heterocycles. The summed E-state index contributed by atoms with van der Waals surface area (Å²) in [6.07, 6.45) is 1.62. The number of hydrogen-bond acceptors (Lipinski definition) is 2. The standard InChI is InChI=1S/C15H13BrO2/c1-8-6-11-12(7-8)15(18)14(16)13(11)9-2-4-10(17)5-3-9/h2-5,12,14,17H,1,6-7H2. The van der Waals surface area contributed by atoms with E-state index in [0.29, 0.717) is 0 Å². The van der Waals surface area contributed by atoms with Gasteiger partial charge in [-0.05, 0) is 41.7 Å². The van der Waals surface area contributed by atoms with Crippen LogP contribution in [0.5, 0.6) is 5.75 Å². The topological polar surface area (TPSA) is 37.3 Å². The highest BCUT2D eigenvalue weighted by molar-refractivity contribution is 9.10. The third-order valence-electron chi connectivity index (χ3n) is 3.72. The van der Waals surface area contributed by atoms with Gasteiger partial charge < -0.3 is 5.11 Å². The first-order valence-electron chi connectivity index (χ1n) is 5.94. The van der Waals surface area contributed by atoms with E-state index in [0.717, 1.165) is 29.6 Å². The number of phenolic OH excluding ortho intramolecular Hbond substituents is 1. The van der Waals surface area contributed by atoms with Crippen LogP contribution in [0.3, 0.4) is 0 Å². The third-order valence-corrected chi connectivity index (χ3v) is 4.63. The Kier molecular flexibility index (Phi) is 2.67. The number of carbonyl (C=O) groups is 1. The largest absolute Gasteiger partial charge is 0.508 e. The zero-order chi connectivity index (χ0) is 12.9. The van der Waals surface area contributed by atoms with Crippen molar-refractivity contribution in [1.82, 2.24) is 0 Å². The van der Waals surface area contributed by atoms with Crippen LogP contribution in [0.15, 0.2) is 42.0 Å². The number of rotatable bonds is 1. The summed E-state index contributed by atoms with van der Waals surface area (Å²) in [6.45, 7) is 4.00. The highest BCUT2D eigenvalue weighted by atomic mass is 79.9. The van der Waals surface area contributed by atoms with Crippen molar-refractivity contribution in [2.24, 2.45) is 5.92 Å². The van der Waals surface area contributed by atoms with Crippen molar-refractivity contribution in [1.29, 1.82) is 0 Å². The van der Waals surface area contributed by atoms with E-state index in [1.54, 1.807) is 12.1 Å². The number of fused-ring (bicyclic) bond motifs is 1. The van der Waals surface area contributed by atoms with E-state index >= 15 is 0 Å². The third kappa shape index (κ3) is 1.65. The number of allylic oxidation sites excluding steroid dienone is 3. The van der Waals surface area contributed by atoms with Gasteiger partial charge in [0.25, 0.3) is 0 Å². The van der Waals surface area contributed by atoms with Crippen LogP contribution in [0.1, 0.15) is 18.4 Å². The molecule has 0 heterocycles. The number of phenols is 1. The van der Waals surface area contributed by atoms with Crippen LogP contribution in [-0.4, -0.2) is 15.7 Å². The van der Waals surface area contributed by atoms with E-state index < -0.39 is 0 Å². The molecule has 18 heavy (non-hydrogen) atoms. The molecule has 1 N–H and O–H groups in total. The molecule has 92 valence electrons. The van der Waals surface area contributed by atoms with Crippen molar-refractivity contribution in [3.8, 4) is 5.75 Å². The van der Waals surface area contributed by atoms with E-state index in [1.165, 1.54) is 5.57 Å². The van der Waals surface area contributed by atoms with Crippen LogP contribution in [0.4, 0.5) is 0 Å². The van der Waals surface area contributed by atoms with E-state index in [-0.39, 0.29) is 22.3 Å². The Morgan fingerprint density at radius 2 is 1.94 bits per heavy atom. The number of carbonyl (C=O) groups excluding carboxylic acids is 1. The minimum Gasteiger partial charge on any atom is -0.508 e. The fourth-order valence-corrected chi connectivity index (χ4v) is 3.76. The van der Waals surface area contributed by atoms with Crippen LogP contribution >= 0.6 is 15.9 Å². The van der Waals surface area contributed by atoms with Gasteiger partial charge in [-0.25, -0.2) is 0 Å². The molecule has 2 aliphatic carbocycles. The zero-order valence-electron chi connectivity index (χ0n) is 9.82. The molecule has 2 nitrogen and oxygen atoms in total. The van der Waals surface area contributed by atoms with Crippen molar-refractivity contribution in [3.63, 3.8) is 0 Å². The second-order valence-corrected chi connectivity index (χ2v) is 5.85. The quantitative estimate of drug-likeness (QED) is 0.637. The summed E-state index contributed by atoms with van der Waals surface area (Å²) in [4.78, 5) is 12.0. The van der Waals surface area contributed by atoms with E-state index in [1.807, 2.05) is 12.1 Å². The predicted octanol–water partition coefficient (Wildman–Crippen LogP) is 3.46. The van der Waals surface area contributed by atoms with Gasteiger partial charge in [0.2, 0.25) is 0 Å². The molecule has 2 atom stereocenters. The summed E-state index contributed by atoms with van der Waals surface area (Å²) in [6, 6.07) is 7.04. The molecule has 0 aromatic heterocycles. The fraction of sp³-hybridized carbons (Fsp3) is 0.267. The highest BCUT2D eigenvalue weighted by Gasteiger charge is 2.43. The Labute approximate surface area is 114 Å². The Bertz CT molecular complexity index is 569. The maximum Gasteiger partial charge on any atom is 0.158 e. The SMILES string of the molecule is C=C1CC2=C(c3ccc(O)cc3)C(Br)C(=O)C2C1. The smallest absolute Gasteiger partial charge is 0.158 e. The van der Waals surface area contributed by atoms with Gasteiger partial charge in [0.15, 0.2) is 5.78 Å². The molecule has 3 heteroatoms. The first-order chi connectivity index (χ1) is 8.58. The van der Waals surface area contributed by atoms with Crippen molar-refractivity contribution < 1.29 is 9.90 Å². The normalized spacial score (nSPS) is 26.9. The minimum atomic E-state index is -0.213. The summed E-state index contributed by atoms with van der Waals surface area (Å²) >= 11 is 3.50. The second kappa shape index (κ2) is 4.09. The highest BCUT2D eigenvalue weighted by Crippen LogP contribution is 2.49. The number of ketones is 1. The zero-order valence-corrected chi connectivity index (χ0v) is 11.4. The first-order valence-corrected chi connectivity index (χ1v) is 6.86. The average molecular weight is 305 g/mol. The molecule has 0 saturated heterocycles. The lowest BCUT2D eigenvalue weighted by Gasteiger charge is -2.09. The molecule has 1 saturated carbocycles. The molecule has 0 bridgehead atoms. The van der Waals surface area contributed by atoms with Gasteiger partial charge in [-0.1, -0.05) is 40.2 Å². The molecule has 2 aliphatic rings. The van der Waals surface area contributed by atoms with Crippen molar-refractivity contribution in [2.75, 3.05) is 0 Å². The Morgan fingerprint density at radius 1 is 1.28 bits per heavy atom. The molecular formula is C15H13BrO2. The van der Waals surface area contributed by atoms with Crippen molar-refractivity contribution in [2.45, 2.75) is 17.7 Å². The van der Waals surface area contributed by atoms with Crippen LogP contribution < -0.4 is 0 Å². The van der Waals surface area contributed by atoms with Gasteiger partial charge in [-0.15, -0.1) is 0 Å². The fourth-order valence-electron chi connectivity index (χ4n) is 2.89.